The monoisotopic (exact) mass is 215 g/mol. The number of carbonyl (C=O) groups is 1. The number of nitrogens with zero attached hydrogens (tertiary/aromatic N) is 1. The molecular weight excluding hydrogens is 194 g/mol. The Morgan fingerprint density at radius 1 is 1.47 bits per heavy atom. The molecule has 0 aliphatic carbocycles. The molecule has 0 radical (unpaired) electrons. The van der Waals surface area contributed by atoms with Crippen LogP contribution in [-0.2, 0) is 14.3 Å². The summed E-state index contributed by atoms with van der Waals surface area (Å²) in [5.41, 5.74) is 0. The molecule has 1 aliphatic heterocycles. The first kappa shape index (κ1) is 12.5. The van der Waals surface area contributed by atoms with Crippen molar-refractivity contribution in [2.75, 3.05) is 40.0 Å². The van der Waals surface area contributed by atoms with E-state index in [-0.39, 0.29) is 5.97 Å². The molecule has 0 spiro atoms. The summed E-state index contributed by atoms with van der Waals surface area (Å²) in [6.07, 6.45) is 2.22. The van der Waals surface area contributed by atoms with Gasteiger partial charge in [0.1, 0.15) is 0 Å². The SMILES string of the molecule is CCN(CC(=O)OC)CC1CCOCC1. The molecule has 15 heavy (non-hydrogen) atoms. The number of hydrogen-bond acceptors (Lipinski definition) is 4. The van der Waals surface area contributed by atoms with Gasteiger partial charge in [-0.25, -0.2) is 0 Å². The number of hydrogen-bond donors (Lipinski definition) is 0. The topological polar surface area (TPSA) is 38.8 Å². The highest BCUT2D eigenvalue weighted by atomic mass is 16.5. The van der Waals surface area contributed by atoms with Crippen molar-refractivity contribution in [3.8, 4) is 0 Å². The molecule has 0 aromatic heterocycles. The summed E-state index contributed by atoms with van der Waals surface area (Å²) >= 11 is 0. The van der Waals surface area contributed by atoms with Gasteiger partial charge in [-0.05, 0) is 25.3 Å². The molecule has 1 saturated heterocycles. The quantitative estimate of drug-likeness (QED) is 0.639. The Balaban J connectivity index is 2.28. The van der Waals surface area contributed by atoms with Crippen LogP contribution in [0.15, 0.2) is 0 Å². The van der Waals surface area contributed by atoms with E-state index in [4.69, 9.17) is 4.74 Å². The van der Waals surface area contributed by atoms with Gasteiger partial charge in [0.25, 0.3) is 0 Å². The van der Waals surface area contributed by atoms with E-state index in [0.717, 1.165) is 39.1 Å². The van der Waals surface area contributed by atoms with Gasteiger partial charge >= 0.3 is 5.97 Å². The van der Waals surface area contributed by atoms with E-state index in [0.29, 0.717) is 12.5 Å². The lowest BCUT2D eigenvalue weighted by atomic mass is 10.00. The van der Waals surface area contributed by atoms with Crippen molar-refractivity contribution < 1.29 is 14.3 Å². The Labute approximate surface area is 91.5 Å². The van der Waals surface area contributed by atoms with Gasteiger partial charge in [0.15, 0.2) is 0 Å². The minimum Gasteiger partial charge on any atom is -0.468 e. The highest BCUT2D eigenvalue weighted by molar-refractivity contribution is 5.71. The van der Waals surface area contributed by atoms with Crippen LogP contribution in [0.25, 0.3) is 0 Å². The van der Waals surface area contributed by atoms with Gasteiger partial charge in [0.2, 0.25) is 0 Å². The lowest BCUT2D eigenvalue weighted by Gasteiger charge is -2.28. The van der Waals surface area contributed by atoms with Crippen LogP contribution in [0.4, 0.5) is 0 Å². The number of carbonyl (C=O) groups excluding carboxylic acids is 1. The summed E-state index contributed by atoms with van der Waals surface area (Å²) in [5, 5.41) is 0. The van der Waals surface area contributed by atoms with E-state index in [9.17, 15) is 4.79 Å². The first-order valence-corrected chi connectivity index (χ1v) is 5.63. The average Bonchev–Trinajstić information content (AvgIpc) is 2.29. The number of rotatable bonds is 5. The Morgan fingerprint density at radius 3 is 2.67 bits per heavy atom. The van der Waals surface area contributed by atoms with Crippen molar-refractivity contribution >= 4 is 5.97 Å². The second-order valence-corrected chi connectivity index (χ2v) is 3.96. The molecule has 4 heteroatoms. The molecule has 1 fully saturated rings. The van der Waals surface area contributed by atoms with Crippen LogP contribution in [0.2, 0.25) is 0 Å². The molecule has 1 heterocycles. The summed E-state index contributed by atoms with van der Waals surface area (Å²) in [5.74, 6) is 0.521. The van der Waals surface area contributed by atoms with Gasteiger partial charge < -0.3 is 9.47 Å². The third-order valence-electron chi connectivity index (χ3n) is 2.88. The van der Waals surface area contributed by atoms with Crippen molar-refractivity contribution in [3.05, 3.63) is 0 Å². The first-order valence-electron chi connectivity index (χ1n) is 5.63. The third-order valence-corrected chi connectivity index (χ3v) is 2.88. The molecule has 1 rings (SSSR count). The summed E-state index contributed by atoms with van der Waals surface area (Å²) < 4.78 is 9.97. The molecule has 1 aliphatic rings. The smallest absolute Gasteiger partial charge is 0.319 e. The van der Waals surface area contributed by atoms with Crippen LogP contribution >= 0.6 is 0 Å². The summed E-state index contributed by atoms with van der Waals surface area (Å²) in [4.78, 5) is 13.3. The van der Waals surface area contributed by atoms with Gasteiger partial charge in [0.05, 0.1) is 13.7 Å². The zero-order chi connectivity index (χ0) is 11.1. The van der Waals surface area contributed by atoms with Crippen LogP contribution in [0.3, 0.4) is 0 Å². The van der Waals surface area contributed by atoms with E-state index in [2.05, 4.69) is 16.6 Å². The Morgan fingerprint density at radius 2 is 2.13 bits per heavy atom. The van der Waals surface area contributed by atoms with Crippen molar-refractivity contribution in [3.63, 3.8) is 0 Å². The predicted molar refractivity (Wildman–Crippen MR) is 57.7 cm³/mol. The number of ether oxygens (including phenoxy) is 2. The Bertz CT molecular complexity index is 190. The molecular formula is C11H21NO3. The fourth-order valence-corrected chi connectivity index (χ4v) is 1.85. The zero-order valence-corrected chi connectivity index (χ0v) is 9.70. The van der Waals surface area contributed by atoms with E-state index in [1.165, 1.54) is 7.11 Å². The average molecular weight is 215 g/mol. The Kier molecular flexibility index (Phi) is 5.65. The largest absolute Gasteiger partial charge is 0.468 e. The number of methoxy groups -OCH3 is 1. The highest BCUT2D eigenvalue weighted by Gasteiger charge is 2.18. The number of likely N-dealkylation sites (N-methyl/N-ethyl adjacent to an activating group) is 1. The van der Waals surface area contributed by atoms with E-state index < -0.39 is 0 Å². The molecule has 0 saturated carbocycles. The van der Waals surface area contributed by atoms with E-state index in [1.807, 2.05) is 0 Å². The molecule has 0 atom stereocenters. The summed E-state index contributed by atoms with van der Waals surface area (Å²) in [7, 11) is 1.44. The van der Waals surface area contributed by atoms with E-state index in [1.54, 1.807) is 0 Å². The lowest BCUT2D eigenvalue weighted by molar-refractivity contribution is -0.142. The molecule has 88 valence electrons. The fourth-order valence-electron chi connectivity index (χ4n) is 1.85. The summed E-state index contributed by atoms with van der Waals surface area (Å²) in [6, 6.07) is 0. The highest BCUT2D eigenvalue weighted by Crippen LogP contribution is 2.15. The molecule has 0 N–H and O–H groups in total. The van der Waals surface area contributed by atoms with Crippen molar-refractivity contribution in [2.24, 2.45) is 5.92 Å². The molecule has 0 amide bonds. The predicted octanol–water partition coefficient (Wildman–Crippen LogP) is 0.908. The van der Waals surface area contributed by atoms with E-state index >= 15 is 0 Å². The first-order chi connectivity index (χ1) is 7.26. The normalized spacial score (nSPS) is 18.1. The molecule has 0 unspecified atom stereocenters. The van der Waals surface area contributed by atoms with Crippen LogP contribution < -0.4 is 0 Å². The van der Waals surface area contributed by atoms with Crippen LogP contribution in [0, 0.1) is 5.92 Å². The molecule has 0 bridgehead atoms. The molecule has 0 aromatic carbocycles. The standard InChI is InChI=1S/C11H21NO3/c1-3-12(9-11(13)14-2)8-10-4-6-15-7-5-10/h10H,3-9H2,1-2H3. The van der Waals surface area contributed by atoms with Crippen molar-refractivity contribution in [2.45, 2.75) is 19.8 Å². The maximum Gasteiger partial charge on any atom is 0.319 e. The maximum atomic E-state index is 11.1. The van der Waals surface area contributed by atoms with Crippen LogP contribution in [-0.4, -0.2) is 50.8 Å². The van der Waals surface area contributed by atoms with Crippen LogP contribution in [0.5, 0.6) is 0 Å². The second-order valence-electron chi connectivity index (χ2n) is 3.96. The van der Waals surface area contributed by atoms with Crippen molar-refractivity contribution in [1.82, 2.24) is 4.90 Å². The Hall–Kier alpha value is -0.610. The van der Waals surface area contributed by atoms with Crippen molar-refractivity contribution in [1.29, 1.82) is 0 Å². The zero-order valence-electron chi connectivity index (χ0n) is 9.70. The van der Waals surface area contributed by atoms with Gasteiger partial charge in [-0.3, -0.25) is 9.69 Å². The molecule has 0 aromatic rings. The minimum atomic E-state index is -0.149. The minimum absolute atomic E-state index is 0.149. The van der Waals surface area contributed by atoms with Gasteiger partial charge in [-0.2, -0.15) is 0 Å². The maximum absolute atomic E-state index is 11.1. The van der Waals surface area contributed by atoms with Crippen LogP contribution in [0.1, 0.15) is 19.8 Å². The fraction of sp³-hybridized carbons (Fsp3) is 0.909. The lowest BCUT2D eigenvalue weighted by Crippen LogP contribution is -2.36. The third kappa shape index (κ3) is 4.62. The van der Waals surface area contributed by atoms with Gasteiger partial charge in [-0.1, -0.05) is 6.92 Å². The van der Waals surface area contributed by atoms with Gasteiger partial charge in [-0.15, -0.1) is 0 Å². The van der Waals surface area contributed by atoms with Gasteiger partial charge in [0, 0.05) is 19.8 Å². The number of esters is 1. The second kappa shape index (κ2) is 6.80. The summed E-state index contributed by atoms with van der Waals surface area (Å²) in [6.45, 7) is 6.08. The molecule has 4 nitrogen and oxygen atoms in total.